The van der Waals surface area contributed by atoms with Crippen LogP contribution in [0.3, 0.4) is 0 Å². The van der Waals surface area contributed by atoms with Crippen LogP contribution in [0.2, 0.25) is 0 Å². The van der Waals surface area contributed by atoms with Crippen molar-refractivity contribution >= 4 is 5.91 Å². The first-order valence-electron chi connectivity index (χ1n) is 8.51. The number of carbonyl (C=O) groups excluding carboxylic acids is 1. The number of nitrogens with one attached hydrogen (secondary N) is 2. The highest BCUT2D eigenvalue weighted by Crippen LogP contribution is 2.22. The number of nitrogens with zero attached hydrogens (tertiary/aromatic N) is 1. The van der Waals surface area contributed by atoms with Gasteiger partial charge in [0.1, 0.15) is 0 Å². The summed E-state index contributed by atoms with van der Waals surface area (Å²) in [5, 5.41) is 6.64. The molecule has 2 aliphatic rings. The molecule has 2 heterocycles. The second-order valence-electron chi connectivity index (χ2n) is 6.57. The van der Waals surface area contributed by atoms with Crippen molar-refractivity contribution in [2.75, 3.05) is 26.7 Å². The van der Waals surface area contributed by atoms with E-state index in [0.29, 0.717) is 5.91 Å². The van der Waals surface area contributed by atoms with E-state index in [9.17, 15) is 4.79 Å². The maximum atomic E-state index is 12.7. The van der Waals surface area contributed by atoms with Crippen LogP contribution >= 0.6 is 0 Å². The lowest BCUT2D eigenvalue weighted by Gasteiger charge is -2.36. The van der Waals surface area contributed by atoms with E-state index in [4.69, 9.17) is 0 Å². The summed E-state index contributed by atoms with van der Waals surface area (Å²) in [4.78, 5) is 14.8. The van der Waals surface area contributed by atoms with Crippen LogP contribution < -0.4 is 10.6 Å². The van der Waals surface area contributed by atoms with Crippen LogP contribution in [0.25, 0.3) is 0 Å². The molecule has 2 N–H and O–H groups in total. The summed E-state index contributed by atoms with van der Waals surface area (Å²) in [5.74, 6) is 1.07. The fraction of sp³-hybridized carbons (Fsp3) is 0.611. The van der Waals surface area contributed by atoms with Gasteiger partial charge in [0.2, 0.25) is 5.91 Å². The van der Waals surface area contributed by atoms with Crippen LogP contribution in [0.15, 0.2) is 24.3 Å². The standard InChI is InChI=1S/C18H27N3O/c1-19-9-6-14-7-10-21(11-8-14)18(22)17-12-15-4-2-3-5-16(15)13-20-17/h2-5,14,17,19-20H,6-13H2,1H3. The Labute approximate surface area is 133 Å². The summed E-state index contributed by atoms with van der Waals surface area (Å²) in [6, 6.07) is 8.40. The van der Waals surface area contributed by atoms with Crippen LogP contribution in [0, 0.1) is 5.92 Å². The highest BCUT2D eigenvalue weighted by molar-refractivity contribution is 5.82. The number of hydrogen-bond acceptors (Lipinski definition) is 3. The second kappa shape index (κ2) is 7.25. The number of benzene rings is 1. The van der Waals surface area contributed by atoms with Crippen LogP contribution in [0.5, 0.6) is 0 Å². The number of amides is 1. The van der Waals surface area contributed by atoms with Crippen LogP contribution in [-0.2, 0) is 17.8 Å². The summed E-state index contributed by atoms with van der Waals surface area (Å²) >= 11 is 0. The van der Waals surface area contributed by atoms with E-state index in [-0.39, 0.29) is 6.04 Å². The predicted molar refractivity (Wildman–Crippen MR) is 88.6 cm³/mol. The first-order chi connectivity index (χ1) is 10.8. The van der Waals surface area contributed by atoms with Gasteiger partial charge in [-0.05, 0) is 56.3 Å². The van der Waals surface area contributed by atoms with Crippen molar-refractivity contribution in [3.8, 4) is 0 Å². The van der Waals surface area contributed by atoms with Crippen LogP contribution in [-0.4, -0.2) is 43.5 Å². The van der Waals surface area contributed by atoms with Gasteiger partial charge in [0.15, 0.2) is 0 Å². The Morgan fingerprint density at radius 2 is 2.00 bits per heavy atom. The maximum Gasteiger partial charge on any atom is 0.240 e. The quantitative estimate of drug-likeness (QED) is 0.887. The number of likely N-dealkylation sites (tertiary alicyclic amines) is 1. The minimum absolute atomic E-state index is 0.0382. The molecule has 1 saturated heterocycles. The van der Waals surface area contributed by atoms with Crippen molar-refractivity contribution in [2.45, 2.75) is 38.3 Å². The molecule has 1 fully saturated rings. The fourth-order valence-corrected chi connectivity index (χ4v) is 3.64. The molecular weight excluding hydrogens is 274 g/mol. The summed E-state index contributed by atoms with van der Waals surface area (Å²) < 4.78 is 0. The molecule has 0 bridgehead atoms. The normalized spacial score (nSPS) is 22.4. The van der Waals surface area contributed by atoms with Gasteiger partial charge < -0.3 is 15.5 Å². The van der Waals surface area contributed by atoms with Gasteiger partial charge in [-0.25, -0.2) is 0 Å². The topological polar surface area (TPSA) is 44.4 Å². The molecule has 0 aliphatic carbocycles. The first kappa shape index (κ1) is 15.5. The third-order valence-electron chi connectivity index (χ3n) is 5.11. The molecule has 2 aliphatic heterocycles. The molecular formula is C18H27N3O. The average Bonchev–Trinajstić information content (AvgIpc) is 2.59. The molecule has 1 unspecified atom stereocenters. The zero-order chi connectivity index (χ0) is 15.4. The Kier molecular flexibility index (Phi) is 5.11. The Bertz CT molecular complexity index is 509. The predicted octanol–water partition coefficient (Wildman–Crippen LogP) is 1.55. The van der Waals surface area contributed by atoms with Gasteiger partial charge in [-0.2, -0.15) is 0 Å². The number of carbonyl (C=O) groups is 1. The van der Waals surface area contributed by atoms with Crippen molar-refractivity contribution < 1.29 is 4.79 Å². The van der Waals surface area contributed by atoms with Gasteiger partial charge in [0.05, 0.1) is 6.04 Å². The van der Waals surface area contributed by atoms with E-state index in [2.05, 4.69) is 39.8 Å². The first-order valence-corrected chi connectivity index (χ1v) is 8.51. The van der Waals surface area contributed by atoms with E-state index in [0.717, 1.165) is 51.4 Å². The lowest BCUT2D eigenvalue weighted by Crippen LogP contribution is -2.51. The molecule has 0 spiro atoms. The number of rotatable bonds is 4. The Hall–Kier alpha value is -1.39. The van der Waals surface area contributed by atoms with Gasteiger partial charge >= 0.3 is 0 Å². The third kappa shape index (κ3) is 3.50. The van der Waals surface area contributed by atoms with Crippen LogP contribution in [0.4, 0.5) is 0 Å². The monoisotopic (exact) mass is 301 g/mol. The maximum absolute atomic E-state index is 12.7. The molecule has 0 aromatic heterocycles. The van der Waals surface area contributed by atoms with Crippen molar-refractivity contribution in [2.24, 2.45) is 5.92 Å². The Balaban J connectivity index is 1.53. The lowest BCUT2D eigenvalue weighted by atomic mass is 9.91. The van der Waals surface area contributed by atoms with Crippen LogP contribution in [0.1, 0.15) is 30.4 Å². The molecule has 22 heavy (non-hydrogen) atoms. The zero-order valence-corrected chi connectivity index (χ0v) is 13.5. The Morgan fingerprint density at radius 1 is 1.27 bits per heavy atom. The average molecular weight is 301 g/mol. The molecule has 4 heteroatoms. The van der Waals surface area contributed by atoms with E-state index in [1.54, 1.807) is 0 Å². The molecule has 0 radical (unpaired) electrons. The van der Waals surface area contributed by atoms with Crippen molar-refractivity contribution in [1.29, 1.82) is 0 Å². The minimum Gasteiger partial charge on any atom is -0.341 e. The van der Waals surface area contributed by atoms with Gasteiger partial charge in [-0.1, -0.05) is 24.3 Å². The zero-order valence-electron chi connectivity index (χ0n) is 13.5. The highest BCUT2D eigenvalue weighted by atomic mass is 16.2. The Morgan fingerprint density at radius 3 is 2.73 bits per heavy atom. The summed E-state index contributed by atoms with van der Waals surface area (Å²) in [5.41, 5.74) is 2.65. The SMILES string of the molecule is CNCCC1CCN(C(=O)C2Cc3ccccc3CN2)CC1. The van der Waals surface area contributed by atoms with E-state index in [1.165, 1.54) is 17.5 Å². The molecule has 1 aromatic rings. The van der Waals surface area contributed by atoms with Gasteiger partial charge in [0, 0.05) is 19.6 Å². The lowest BCUT2D eigenvalue weighted by molar-refractivity contribution is -0.135. The minimum atomic E-state index is -0.0382. The number of hydrogen-bond donors (Lipinski definition) is 2. The van der Waals surface area contributed by atoms with E-state index >= 15 is 0 Å². The number of fused-ring (bicyclic) bond motifs is 1. The molecule has 4 nitrogen and oxygen atoms in total. The third-order valence-corrected chi connectivity index (χ3v) is 5.11. The molecule has 1 amide bonds. The van der Waals surface area contributed by atoms with Gasteiger partial charge in [0.25, 0.3) is 0 Å². The molecule has 1 atom stereocenters. The van der Waals surface area contributed by atoms with Gasteiger partial charge in [-0.15, -0.1) is 0 Å². The molecule has 0 saturated carbocycles. The van der Waals surface area contributed by atoms with Crippen molar-refractivity contribution in [3.05, 3.63) is 35.4 Å². The summed E-state index contributed by atoms with van der Waals surface area (Å²) in [7, 11) is 2.01. The van der Waals surface area contributed by atoms with Crippen molar-refractivity contribution in [1.82, 2.24) is 15.5 Å². The summed E-state index contributed by atoms with van der Waals surface area (Å²) in [6.07, 6.45) is 4.36. The molecule has 3 rings (SSSR count). The van der Waals surface area contributed by atoms with E-state index in [1.807, 2.05) is 7.05 Å². The number of piperidine rings is 1. The van der Waals surface area contributed by atoms with E-state index < -0.39 is 0 Å². The second-order valence-corrected chi connectivity index (χ2v) is 6.57. The summed E-state index contributed by atoms with van der Waals surface area (Å²) in [6.45, 7) is 3.74. The van der Waals surface area contributed by atoms with Crippen molar-refractivity contribution in [3.63, 3.8) is 0 Å². The molecule has 1 aromatic carbocycles. The largest absolute Gasteiger partial charge is 0.341 e. The highest BCUT2D eigenvalue weighted by Gasteiger charge is 2.30. The smallest absolute Gasteiger partial charge is 0.240 e. The molecule has 120 valence electrons. The fourth-order valence-electron chi connectivity index (χ4n) is 3.64. The van der Waals surface area contributed by atoms with Gasteiger partial charge in [-0.3, -0.25) is 4.79 Å².